The number of nitriles is 1. The zero-order valence-electron chi connectivity index (χ0n) is 13.3. The SMILES string of the molecule is Cc1c(/C=C2\CCCNC2=O)cc(C#N)cc1-c1ccnc(Cl)c1. The molecule has 0 atom stereocenters. The third kappa shape index (κ3) is 3.32. The van der Waals surface area contributed by atoms with Gasteiger partial charge in [0.1, 0.15) is 5.15 Å². The Morgan fingerprint density at radius 3 is 2.92 bits per heavy atom. The lowest BCUT2D eigenvalue weighted by molar-refractivity contribution is -0.118. The number of aromatic nitrogens is 1. The van der Waals surface area contributed by atoms with Gasteiger partial charge in [-0.1, -0.05) is 11.6 Å². The summed E-state index contributed by atoms with van der Waals surface area (Å²) in [6.07, 6.45) is 5.21. The number of benzene rings is 1. The second-order valence-electron chi connectivity index (χ2n) is 5.75. The number of piperidine rings is 1. The summed E-state index contributed by atoms with van der Waals surface area (Å²) in [5.74, 6) is -0.0310. The zero-order chi connectivity index (χ0) is 17.1. The van der Waals surface area contributed by atoms with Crippen molar-refractivity contribution in [3.05, 3.63) is 57.9 Å². The Labute approximate surface area is 145 Å². The maximum Gasteiger partial charge on any atom is 0.247 e. The highest BCUT2D eigenvalue weighted by Gasteiger charge is 2.16. The number of carbonyl (C=O) groups excluding carboxylic acids is 1. The third-order valence-corrected chi connectivity index (χ3v) is 4.35. The molecule has 0 saturated carbocycles. The largest absolute Gasteiger partial charge is 0.352 e. The highest BCUT2D eigenvalue weighted by Crippen LogP contribution is 2.30. The van der Waals surface area contributed by atoms with Gasteiger partial charge < -0.3 is 5.32 Å². The van der Waals surface area contributed by atoms with Crippen LogP contribution in [0.15, 0.2) is 36.0 Å². The van der Waals surface area contributed by atoms with Crippen molar-refractivity contribution in [3.8, 4) is 17.2 Å². The van der Waals surface area contributed by atoms with Crippen LogP contribution < -0.4 is 5.32 Å². The summed E-state index contributed by atoms with van der Waals surface area (Å²) in [5, 5.41) is 12.6. The normalized spacial score (nSPS) is 15.9. The first-order chi connectivity index (χ1) is 11.6. The lowest BCUT2D eigenvalue weighted by Crippen LogP contribution is -2.30. The molecule has 1 aliphatic heterocycles. The maximum atomic E-state index is 12.0. The Morgan fingerprint density at radius 1 is 1.38 bits per heavy atom. The van der Waals surface area contributed by atoms with Crippen LogP contribution in [0.4, 0.5) is 0 Å². The molecule has 1 aromatic heterocycles. The van der Waals surface area contributed by atoms with Crippen LogP contribution in [0.3, 0.4) is 0 Å². The lowest BCUT2D eigenvalue weighted by Gasteiger charge is -2.16. The fourth-order valence-corrected chi connectivity index (χ4v) is 3.03. The molecule has 1 N–H and O–H groups in total. The molecule has 2 aromatic rings. The summed E-state index contributed by atoms with van der Waals surface area (Å²) in [7, 11) is 0. The molecule has 120 valence electrons. The molecule has 24 heavy (non-hydrogen) atoms. The van der Waals surface area contributed by atoms with Crippen LogP contribution in [0.5, 0.6) is 0 Å². The number of hydrogen-bond donors (Lipinski definition) is 1. The van der Waals surface area contributed by atoms with E-state index >= 15 is 0 Å². The van der Waals surface area contributed by atoms with Crippen molar-refractivity contribution >= 4 is 23.6 Å². The second kappa shape index (κ2) is 6.86. The van der Waals surface area contributed by atoms with Crippen LogP contribution >= 0.6 is 11.6 Å². The summed E-state index contributed by atoms with van der Waals surface area (Å²) in [5.41, 5.74) is 5.00. The van der Waals surface area contributed by atoms with Crippen molar-refractivity contribution in [2.75, 3.05) is 6.54 Å². The number of nitrogens with zero attached hydrogens (tertiary/aromatic N) is 2. The molecule has 4 nitrogen and oxygen atoms in total. The lowest BCUT2D eigenvalue weighted by atomic mass is 9.92. The summed E-state index contributed by atoms with van der Waals surface area (Å²) in [6.45, 7) is 2.70. The van der Waals surface area contributed by atoms with Crippen LogP contribution in [0.2, 0.25) is 5.15 Å². The highest BCUT2D eigenvalue weighted by atomic mass is 35.5. The molecular formula is C19H16ClN3O. The summed E-state index contributed by atoms with van der Waals surface area (Å²) >= 11 is 5.99. The van der Waals surface area contributed by atoms with E-state index in [4.69, 9.17) is 11.6 Å². The Morgan fingerprint density at radius 2 is 2.21 bits per heavy atom. The quantitative estimate of drug-likeness (QED) is 0.668. The van der Waals surface area contributed by atoms with Crippen LogP contribution in [0, 0.1) is 18.3 Å². The van der Waals surface area contributed by atoms with Crippen LogP contribution in [0.1, 0.15) is 29.5 Å². The molecule has 1 aromatic carbocycles. The van der Waals surface area contributed by atoms with E-state index in [9.17, 15) is 10.1 Å². The van der Waals surface area contributed by atoms with Crippen molar-refractivity contribution in [3.63, 3.8) is 0 Å². The highest BCUT2D eigenvalue weighted by molar-refractivity contribution is 6.29. The number of pyridine rings is 1. The van der Waals surface area contributed by atoms with E-state index in [-0.39, 0.29) is 5.91 Å². The number of halogens is 1. The first-order valence-electron chi connectivity index (χ1n) is 7.74. The van der Waals surface area contributed by atoms with E-state index in [1.165, 1.54) is 0 Å². The van der Waals surface area contributed by atoms with Gasteiger partial charge in [0.15, 0.2) is 0 Å². The average molecular weight is 338 g/mol. The minimum Gasteiger partial charge on any atom is -0.352 e. The molecule has 0 radical (unpaired) electrons. The molecule has 0 unspecified atom stereocenters. The summed E-state index contributed by atoms with van der Waals surface area (Å²) < 4.78 is 0. The van der Waals surface area contributed by atoms with Gasteiger partial charge in [-0.05, 0) is 72.4 Å². The van der Waals surface area contributed by atoms with Gasteiger partial charge in [-0.15, -0.1) is 0 Å². The van der Waals surface area contributed by atoms with Crippen LogP contribution in [0.25, 0.3) is 17.2 Å². The average Bonchev–Trinajstić information content (AvgIpc) is 2.58. The molecule has 1 saturated heterocycles. The van der Waals surface area contributed by atoms with E-state index in [1.807, 2.05) is 31.2 Å². The first kappa shape index (κ1) is 16.2. The maximum absolute atomic E-state index is 12.0. The molecule has 3 rings (SSSR count). The Bertz CT molecular complexity index is 881. The van der Waals surface area contributed by atoms with E-state index in [1.54, 1.807) is 12.3 Å². The molecule has 1 fully saturated rings. The molecular weight excluding hydrogens is 322 g/mol. The monoisotopic (exact) mass is 337 g/mol. The number of rotatable bonds is 2. The standard InChI is InChI=1S/C19H16ClN3O/c1-12-16(9-15-3-2-5-23-19(15)24)7-13(11-21)8-17(12)14-4-6-22-18(20)10-14/h4,6-10H,2-3,5H2,1H3,(H,23,24)/b15-9+. The van der Waals surface area contributed by atoms with Gasteiger partial charge in [0.05, 0.1) is 11.6 Å². The van der Waals surface area contributed by atoms with Gasteiger partial charge in [-0.3, -0.25) is 4.79 Å². The van der Waals surface area contributed by atoms with E-state index < -0.39 is 0 Å². The molecule has 1 amide bonds. The Balaban J connectivity index is 2.14. The molecule has 0 aliphatic carbocycles. The summed E-state index contributed by atoms with van der Waals surface area (Å²) in [6, 6.07) is 9.48. The predicted molar refractivity (Wildman–Crippen MR) is 94.4 cm³/mol. The molecule has 2 heterocycles. The van der Waals surface area contributed by atoms with Gasteiger partial charge in [0, 0.05) is 18.3 Å². The second-order valence-corrected chi connectivity index (χ2v) is 6.13. The van der Waals surface area contributed by atoms with E-state index in [2.05, 4.69) is 16.4 Å². The third-order valence-electron chi connectivity index (χ3n) is 4.14. The van der Waals surface area contributed by atoms with Gasteiger partial charge >= 0.3 is 0 Å². The van der Waals surface area contributed by atoms with E-state index in [0.29, 0.717) is 17.3 Å². The minimum absolute atomic E-state index is 0.0310. The van der Waals surface area contributed by atoms with Crippen molar-refractivity contribution in [1.29, 1.82) is 5.26 Å². The molecule has 1 aliphatic rings. The van der Waals surface area contributed by atoms with Gasteiger partial charge in [-0.2, -0.15) is 5.26 Å². The summed E-state index contributed by atoms with van der Waals surface area (Å²) in [4.78, 5) is 16.0. The van der Waals surface area contributed by atoms with Crippen molar-refractivity contribution in [2.45, 2.75) is 19.8 Å². The Hall–Kier alpha value is -2.64. The van der Waals surface area contributed by atoms with Gasteiger partial charge in [0.25, 0.3) is 0 Å². The van der Waals surface area contributed by atoms with Crippen molar-refractivity contribution in [1.82, 2.24) is 10.3 Å². The number of nitrogens with one attached hydrogen (secondary N) is 1. The number of carbonyl (C=O) groups is 1. The minimum atomic E-state index is -0.0310. The fourth-order valence-electron chi connectivity index (χ4n) is 2.85. The first-order valence-corrected chi connectivity index (χ1v) is 8.11. The topological polar surface area (TPSA) is 65.8 Å². The van der Waals surface area contributed by atoms with Crippen molar-refractivity contribution in [2.24, 2.45) is 0 Å². The van der Waals surface area contributed by atoms with Gasteiger partial charge in [-0.25, -0.2) is 4.98 Å². The van der Waals surface area contributed by atoms with Crippen LogP contribution in [-0.2, 0) is 4.79 Å². The van der Waals surface area contributed by atoms with Crippen molar-refractivity contribution < 1.29 is 4.79 Å². The molecule has 5 heteroatoms. The zero-order valence-corrected chi connectivity index (χ0v) is 14.0. The molecule has 0 bridgehead atoms. The smallest absolute Gasteiger partial charge is 0.247 e. The Kier molecular flexibility index (Phi) is 4.64. The van der Waals surface area contributed by atoms with Gasteiger partial charge in [0.2, 0.25) is 5.91 Å². The predicted octanol–water partition coefficient (Wildman–Crippen LogP) is 3.88. The number of amides is 1. The number of hydrogen-bond acceptors (Lipinski definition) is 3. The fraction of sp³-hybridized carbons (Fsp3) is 0.211. The molecule has 0 spiro atoms. The van der Waals surface area contributed by atoms with Crippen LogP contribution in [-0.4, -0.2) is 17.4 Å². The van der Waals surface area contributed by atoms with E-state index in [0.717, 1.165) is 40.7 Å².